The molecule has 1 aromatic rings. The number of carboxylic acids is 1. The summed E-state index contributed by atoms with van der Waals surface area (Å²) in [5.74, 6) is -0.656. The third kappa shape index (κ3) is 4.61. The molecule has 8 heteroatoms. The second kappa shape index (κ2) is 8.19. The predicted molar refractivity (Wildman–Crippen MR) is 87.4 cm³/mol. The summed E-state index contributed by atoms with van der Waals surface area (Å²) in [6.45, 7) is 1.49. The molecule has 1 aliphatic heterocycles. The van der Waals surface area contributed by atoms with Crippen molar-refractivity contribution < 1.29 is 24.2 Å². The second-order valence-electron chi connectivity index (χ2n) is 5.44. The van der Waals surface area contributed by atoms with E-state index in [0.717, 1.165) is 25.9 Å². The number of amides is 3. The number of carbonyl (C=O) groups excluding carboxylic acids is 2. The van der Waals surface area contributed by atoms with Crippen molar-refractivity contribution in [1.29, 1.82) is 0 Å². The molecule has 1 aliphatic rings. The van der Waals surface area contributed by atoms with Crippen LogP contribution in [0.3, 0.4) is 0 Å². The minimum atomic E-state index is -0.994. The van der Waals surface area contributed by atoms with E-state index in [-0.39, 0.29) is 18.9 Å². The fraction of sp³-hybridized carbons (Fsp3) is 0.438. The molecule has 0 bridgehead atoms. The zero-order chi connectivity index (χ0) is 17.5. The van der Waals surface area contributed by atoms with Gasteiger partial charge < -0.3 is 25.4 Å². The number of carboxylic acid groups (broad SMARTS) is 1. The van der Waals surface area contributed by atoms with Crippen LogP contribution < -0.4 is 15.4 Å². The SMILES string of the molecule is COc1ccc(C(=O)N2CCCC2)cc1NC(=O)NCCC(=O)O. The van der Waals surface area contributed by atoms with Crippen LogP contribution >= 0.6 is 0 Å². The third-order valence-corrected chi connectivity index (χ3v) is 3.71. The van der Waals surface area contributed by atoms with Gasteiger partial charge in [0.25, 0.3) is 5.91 Å². The number of nitrogens with zero attached hydrogens (tertiary/aromatic N) is 1. The highest BCUT2D eigenvalue weighted by atomic mass is 16.5. The number of hydrogen-bond donors (Lipinski definition) is 3. The smallest absolute Gasteiger partial charge is 0.319 e. The number of aliphatic carboxylic acids is 1. The van der Waals surface area contributed by atoms with Crippen molar-refractivity contribution in [3.63, 3.8) is 0 Å². The molecule has 2 rings (SSSR count). The number of likely N-dealkylation sites (tertiary alicyclic amines) is 1. The van der Waals surface area contributed by atoms with Crippen LogP contribution in [0.5, 0.6) is 5.75 Å². The Labute approximate surface area is 139 Å². The number of urea groups is 1. The molecular weight excluding hydrogens is 314 g/mol. The molecule has 1 aromatic carbocycles. The van der Waals surface area contributed by atoms with E-state index >= 15 is 0 Å². The fourth-order valence-corrected chi connectivity index (χ4v) is 2.49. The molecule has 130 valence electrons. The van der Waals surface area contributed by atoms with E-state index in [1.165, 1.54) is 7.11 Å². The molecule has 8 nitrogen and oxygen atoms in total. The Balaban J connectivity index is 2.06. The molecule has 3 amide bonds. The number of hydrogen-bond acceptors (Lipinski definition) is 4. The molecule has 0 saturated carbocycles. The van der Waals surface area contributed by atoms with Crippen molar-refractivity contribution >= 4 is 23.6 Å². The first-order chi connectivity index (χ1) is 11.5. The van der Waals surface area contributed by atoms with Crippen molar-refractivity contribution in [3.05, 3.63) is 23.8 Å². The van der Waals surface area contributed by atoms with Gasteiger partial charge >= 0.3 is 12.0 Å². The Morgan fingerprint density at radius 1 is 1.25 bits per heavy atom. The molecule has 3 N–H and O–H groups in total. The van der Waals surface area contributed by atoms with E-state index in [1.54, 1.807) is 23.1 Å². The molecule has 1 heterocycles. The molecule has 0 atom stereocenters. The number of carbonyl (C=O) groups is 3. The largest absolute Gasteiger partial charge is 0.495 e. The summed E-state index contributed by atoms with van der Waals surface area (Å²) in [7, 11) is 1.46. The average Bonchev–Trinajstić information content (AvgIpc) is 3.08. The number of methoxy groups -OCH3 is 1. The lowest BCUT2D eigenvalue weighted by Crippen LogP contribution is -2.31. The quantitative estimate of drug-likeness (QED) is 0.730. The van der Waals surface area contributed by atoms with Gasteiger partial charge in [0, 0.05) is 25.2 Å². The van der Waals surface area contributed by atoms with E-state index in [9.17, 15) is 14.4 Å². The van der Waals surface area contributed by atoms with Crippen molar-refractivity contribution in [2.24, 2.45) is 0 Å². The molecule has 1 fully saturated rings. The van der Waals surface area contributed by atoms with Crippen LogP contribution in [0, 0.1) is 0 Å². The fourth-order valence-electron chi connectivity index (χ4n) is 2.49. The van der Waals surface area contributed by atoms with Gasteiger partial charge in [-0.1, -0.05) is 0 Å². The molecule has 0 spiro atoms. The van der Waals surface area contributed by atoms with Gasteiger partial charge in [-0.15, -0.1) is 0 Å². The van der Waals surface area contributed by atoms with E-state index < -0.39 is 12.0 Å². The van der Waals surface area contributed by atoms with Gasteiger partial charge in [-0.25, -0.2) is 4.79 Å². The van der Waals surface area contributed by atoms with E-state index in [0.29, 0.717) is 17.0 Å². The van der Waals surface area contributed by atoms with Crippen LogP contribution in [0.25, 0.3) is 0 Å². The summed E-state index contributed by atoms with van der Waals surface area (Å²) in [5, 5.41) is 13.6. The Morgan fingerprint density at radius 3 is 2.58 bits per heavy atom. The number of rotatable bonds is 6. The van der Waals surface area contributed by atoms with Crippen molar-refractivity contribution in [2.75, 3.05) is 32.1 Å². The van der Waals surface area contributed by atoms with Crippen LogP contribution in [-0.4, -0.2) is 54.7 Å². The third-order valence-electron chi connectivity index (χ3n) is 3.71. The Bertz CT molecular complexity index is 626. The monoisotopic (exact) mass is 335 g/mol. The molecule has 0 radical (unpaired) electrons. The lowest BCUT2D eigenvalue weighted by Gasteiger charge is -2.17. The number of anilines is 1. The zero-order valence-electron chi connectivity index (χ0n) is 13.5. The molecule has 1 saturated heterocycles. The highest BCUT2D eigenvalue weighted by Gasteiger charge is 2.20. The van der Waals surface area contributed by atoms with E-state index in [2.05, 4.69) is 10.6 Å². The topological polar surface area (TPSA) is 108 Å². The van der Waals surface area contributed by atoms with Gasteiger partial charge in [0.15, 0.2) is 0 Å². The predicted octanol–water partition coefficient (Wildman–Crippen LogP) is 1.53. The Kier molecular flexibility index (Phi) is 6.00. The van der Waals surface area contributed by atoms with Crippen molar-refractivity contribution in [1.82, 2.24) is 10.2 Å². The summed E-state index contributed by atoms with van der Waals surface area (Å²) < 4.78 is 5.19. The maximum absolute atomic E-state index is 12.4. The summed E-state index contributed by atoms with van der Waals surface area (Å²) in [6.07, 6.45) is 1.83. The second-order valence-corrected chi connectivity index (χ2v) is 5.44. The zero-order valence-corrected chi connectivity index (χ0v) is 13.5. The summed E-state index contributed by atoms with van der Waals surface area (Å²) in [5.41, 5.74) is 0.828. The number of benzene rings is 1. The lowest BCUT2D eigenvalue weighted by atomic mass is 10.1. The molecule has 0 aromatic heterocycles. The first kappa shape index (κ1) is 17.6. The van der Waals surface area contributed by atoms with E-state index in [4.69, 9.17) is 9.84 Å². The van der Waals surface area contributed by atoms with Gasteiger partial charge in [0.1, 0.15) is 5.75 Å². The van der Waals surface area contributed by atoms with Crippen LogP contribution in [0.2, 0.25) is 0 Å². The van der Waals surface area contributed by atoms with Crippen LogP contribution in [0.15, 0.2) is 18.2 Å². The highest BCUT2D eigenvalue weighted by Crippen LogP contribution is 2.26. The standard InChI is InChI=1S/C16H21N3O5/c1-24-13-5-4-11(15(22)19-8-2-3-9-19)10-12(13)18-16(23)17-7-6-14(20)21/h4-5,10H,2-3,6-9H2,1H3,(H,20,21)(H2,17,18,23). The van der Waals surface area contributed by atoms with Crippen molar-refractivity contribution in [3.8, 4) is 5.75 Å². The van der Waals surface area contributed by atoms with E-state index in [1.807, 2.05) is 0 Å². The maximum Gasteiger partial charge on any atom is 0.319 e. The van der Waals surface area contributed by atoms with Gasteiger partial charge in [-0.2, -0.15) is 0 Å². The van der Waals surface area contributed by atoms with Crippen LogP contribution in [0.1, 0.15) is 29.6 Å². The average molecular weight is 335 g/mol. The normalized spacial score (nSPS) is 13.5. The van der Waals surface area contributed by atoms with Crippen LogP contribution in [0.4, 0.5) is 10.5 Å². The van der Waals surface area contributed by atoms with Crippen molar-refractivity contribution in [2.45, 2.75) is 19.3 Å². The van der Waals surface area contributed by atoms with Gasteiger partial charge in [-0.3, -0.25) is 9.59 Å². The van der Waals surface area contributed by atoms with Gasteiger partial charge in [0.2, 0.25) is 0 Å². The maximum atomic E-state index is 12.4. The summed E-state index contributed by atoms with van der Waals surface area (Å²) in [6, 6.07) is 4.29. The summed E-state index contributed by atoms with van der Waals surface area (Å²) in [4.78, 5) is 36.5. The molecule has 0 aliphatic carbocycles. The van der Waals surface area contributed by atoms with Gasteiger partial charge in [0.05, 0.1) is 19.2 Å². The highest BCUT2D eigenvalue weighted by molar-refractivity contribution is 5.98. The Morgan fingerprint density at radius 2 is 1.96 bits per heavy atom. The first-order valence-corrected chi connectivity index (χ1v) is 7.75. The molecule has 0 unspecified atom stereocenters. The number of nitrogens with one attached hydrogen (secondary N) is 2. The van der Waals surface area contributed by atoms with Gasteiger partial charge in [-0.05, 0) is 31.0 Å². The molecule has 24 heavy (non-hydrogen) atoms. The lowest BCUT2D eigenvalue weighted by molar-refractivity contribution is -0.136. The van der Waals surface area contributed by atoms with Crippen LogP contribution in [-0.2, 0) is 4.79 Å². The minimum Gasteiger partial charge on any atom is -0.495 e. The minimum absolute atomic E-state index is 0.00980. The summed E-state index contributed by atoms with van der Waals surface area (Å²) >= 11 is 0. The number of ether oxygens (including phenoxy) is 1. The Hall–Kier alpha value is -2.77. The molecular formula is C16H21N3O5. The first-order valence-electron chi connectivity index (χ1n) is 7.75.